The Bertz CT molecular complexity index is 1040. The summed E-state index contributed by atoms with van der Waals surface area (Å²) >= 11 is 0. The Hall–Kier alpha value is -1.40. The lowest BCUT2D eigenvalue weighted by Crippen LogP contribution is -2.57. The molecule has 0 spiro atoms. The van der Waals surface area contributed by atoms with Crippen molar-refractivity contribution >= 4 is 20.0 Å². The van der Waals surface area contributed by atoms with Gasteiger partial charge in [0.15, 0.2) is 11.5 Å². The van der Waals surface area contributed by atoms with Gasteiger partial charge in [-0.2, -0.15) is 4.31 Å². The van der Waals surface area contributed by atoms with E-state index in [-0.39, 0.29) is 48.2 Å². The van der Waals surface area contributed by atoms with E-state index in [4.69, 9.17) is 0 Å². The molecule has 0 saturated carbocycles. The fourth-order valence-electron chi connectivity index (χ4n) is 5.40. The fourth-order valence-corrected chi connectivity index (χ4v) is 7.74. The number of benzene rings is 1. The van der Waals surface area contributed by atoms with E-state index in [0.29, 0.717) is 13.0 Å². The Kier molecular flexibility index (Phi) is 6.25. The molecule has 0 unspecified atom stereocenters. The molecule has 0 amide bonds. The van der Waals surface area contributed by atoms with Crippen LogP contribution in [-0.4, -0.2) is 80.5 Å². The van der Waals surface area contributed by atoms with Gasteiger partial charge in [0, 0.05) is 38.3 Å². The number of phenols is 2. The molecule has 31 heavy (non-hydrogen) atoms. The van der Waals surface area contributed by atoms with Crippen LogP contribution >= 0.6 is 0 Å². The first-order valence-corrected chi connectivity index (χ1v) is 14.3. The first-order valence-electron chi connectivity index (χ1n) is 10.8. The van der Waals surface area contributed by atoms with Gasteiger partial charge in [-0.3, -0.25) is 4.90 Å². The number of nitrogens with one attached hydrogen (secondary N) is 1. The van der Waals surface area contributed by atoms with Crippen LogP contribution in [0, 0.1) is 5.92 Å². The highest BCUT2D eigenvalue weighted by atomic mass is 32.2. The van der Waals surface area contributed by atoms with Crippen LogP contribution in [0.5, 0.6) is 11.5 Å². The Labute approximate surface area is 184 Å². The Balaban J connectivity index is 1.52. The Morgan fingerprint density at radius 2 is 1.87 bits per heavy atom. The standard InChI is InChI=1S/C20H31N3O6S2/c1-30(26,27)21-6-3-9-31(28,29)23-7-2-4-15-13-22-8-5-14-10-19(24)20(25)11-16(14)18(22)12-17(15)23/h10-11,15,17-18,21,24-25H,2-9,12-13H2,1H3/t15-,17+,18-/m0/s1. The Morgan fingerprint density at radius 1 is 1.13 bits per heavy atom. The van der Waals surface area contributed by atoms with Crippen molar-refractivity contribution in [2.75, 3.05) is 38.2 Å². The van der Waals surface area contributed by atoms with Gasteiger partial charge >= 0.3 is 0 Å². The van der Waals surface area contributed by atoms with Gasteiger partial charge in [0.2, 0.25) is 20.0 Å². The highest BCUT2D eigenvalue weighted by Crippen LogP contribution is 2.45. The summed E-state index contributed by atoms with van der Waals surface area (Å²) in [6.07, 6.45) is 4.56. The van der Waals surface area contributed by atoms with Crippen LogP contribution in [-0.2, 0) is 26.5 Å². The average molecular weight is 474 g/mol. The molecule has 0 aromatic heterocycles. The van der Waals surface area contributed by atoms with Crippen molar-refractivity contribution in [2.24, 2.45) is 5.92 Å². The molecule has 4 rings (SSSR count). The lowest BCUT2D eigenvalue weighted by Gasteiger charge is -2.51. The van der Waals surface area contributed by atoms with E-state index in [9.17, 15) is 27.0 Å². The van der Waals surface area contributed by atoms with Crippen LogP contribution < -0.4 is 4.72 Å². The second-order valence-electron chi connectivity index (χ2n) is 8.95. The largest absolute Gasteiger partial charge is 0.504 e. The normalized spacial score (nSPS) is 27.3. The minimum atomic E-state index is -3.51. The van der Waals surface area contributed by atoms with Crippen molar-refractivity contribution in [1.29, 1.82) is 0 Å². The number of rotatable bonds is 6. The van der Waals surface area contributed by atoms with Gasteiger partial charge in [-0.05, 0) is 61.3 Å². The fraction of sp³-hybridized carbons (Fsp3) is 0.700. The highest BCUT2D eigenvalue weighted by molar-refractivity contribution is 7.89. The van der Waals surface area contributed by atoms with Gasteiger partial charge in [-0.25, -0.2) is 21.6 Å². The zero-order valence-corrected chi connectivity index (χ0v) is 19.3. The molecule has 3 atom stereocenters. The smallest absolute Gasteiger partial charge is 0.214 e. The van der Waals surface area contributed by atoms with Crippen LogP contribution in [0.2, 0.25) is 0 Å². The van der Waals surface area contributed by atoms with Gasteiger partial charge in [-0.15, -0.1) is 0 Å². The predicted octanol–water partition coefficient (Wildman–Crippen LogP) is 0.750. The molecule has 2 fully saturated rings. The molecule has 11 heteroatoms. The van der Waals surface area contributed by atoms with Crippen LogP contribution in [0.1, 0.15) is 42.9 Å². The molecule has 1 aromatic carbocycles. The third-order valence-corrected chi connectivity index (χ3v) is 9.51. The summed E-state index contributed by atoms with van der Waals surface area (Å²) in [5.74, 6) is -0.0842. The van der Waals surface area contributed by atoms with Gasteiger partial charge in [0.05, 0.1) is 12.0 Å². The van der Waals surface area contributed by atoms with Crippen molar-refractivity contribution in [3.8, 4) is 11.5 Å². The van der Waals surface area contributed by atoms with E-state index in [1.807, 2.05) is 0 Å². The van der Waals surface area contributed by atoms with Crippen molar-refractivity contribution in [2.45, 2.75) is 44.2 Å². The number of piperidine rings is 2. The number of hydrogen-bond donors (Lipinski definition) is 3. The van der Waals surface area contributed by atoms with Gasteiger partial charge < -0.3 is 10.2 Å². The number of fused-ring (bicyclic) bond motifs is 4. The molecular formula is C20H31N3O6S2. The van der Waals surface area contributed by atoms with Crippen molar-refractivity contribution in [3.05, 3.63) is 23.3 Å². The minimum Gasteiger partial charge on any atom is -0.504 e. The van der Waals surface area contributed by atoms with Crippen LogP contribution in [0.3, 0.4) is 0 Å². The maximum atomic E-state index is 13.1. The lowest BCUT2D eigenvalue weighted by atomic mass is 9.77. The maximum Gasteiger partial charge on any atom is 0.214 e. The van der Waals surface area contributed by atoms with E-state index in [2.05, 4.69) is 9.62 Å². The first-order chi connectivity index (χ1) is 14.5. The quantitative estimate of drug-likeness (QED) is 0.411. The van der Waals surface area contributed by atoms with E-state index in [1.165, 1.54) is 0 Å². The number of nitrogens with zero attached hydrogens (tertiary/aromatic N) is 2. The second-order valence-corrected chi connectivity index (χ2v) is 12.8. The van der Waals surface area contributed by atoms with Crippen molar-refractivity contribution < 1.29 is 27.0 Å². The lowest BCUT2D eigenvalue weighted by molar-refractivity contribution is 0.0218. The zero-order valence-electron chi connectivity index (χ0n) is 17.7. The third kappa shape index (κ3) is 4.85. The first kappa shape index (κ1) is 22.8. The molecule has 174 valence electrons. The summed E-state index contributed by atoms with van der Waals surface area (Å²) in [6.45, 7) is 2.27. The minimum absolute atomic E-state index is 0.0131. The summed E-state index contributed by atoms with van der Waals surface area (Å²) in [7, 11) is -6.85. The number of aromatic hydroxyl groups is 2. The van der Waals surface area contributed by atoms with Crippen molar-refractivity contribution in [3.63, 3.8) is 0 Å². The topological polar surface area (TPSA) is 127 Å². The van der Waals surface area contributed by atoms with Crippen LogP contribution in [0.25, 0.3) is 0 Å². The predicted molar refractivity (Wildman–Crippen MR) is 117 cm³/mol. The molecular weight excluding hydrogens is 442 g/mol. The van der Waals surface area contributed by atoms with E-state index >= 15 is 0 Å². The molecule has 2 saturated heterocycles. The van der Waals surface area contributed by atoms with Crippen LogP contribution in [0.15, 0.2) is 12.1 Å². The Morgan fingerprint density at radius 3 is 2.61 bits per heavy atom. The number of sulfonamides is 2. The summed E-state index contributed by atoms with van der Waals surface area (Å²) in [5, 5.41) is 19.9. The summed E-state index contributed by atoms with van der Waals surface area (Å²) in [6, 6.07) is 3.16. The van der Waals surface area contributed by atoms with Crippen LogP contribution in [0.4, 0.5) is 0 Å². The number of phenolic OH excluding ortho intramolecular Hbond substituents is 2. The second kappa shape index (κ2) is 8.51. The zero-order chi connectivity index (χ0) is 22.4. The highest BCUT2D eigenvalue weighted by Gasteiger charge is 2.45. The van der Waals surface area contributed by atoms with E-state index < -0.39 is 20.0 Å². The summed E-state index contributed by atoms with van der Waals surface area (Å²) < 4.78 is 52.7. The molecule has 0 aliphatic carbocycles. The molecule has 9 nitrogen and oxygen atoms in total. The molecule has 1 aromatic rings. The molecule has 3 aliphatic heterocycles. The number of hydrogen-bond acceptors (Lipinski definition) is 7. The van der Waals surface area contributed by atoms with Gasteiger partial charge in [0.25, 0.3) is 0 Å². The monoisotopic (exact) mass is 473 g/mol. The van der Waals surface area contributed by atoms with Gasteiger partial charge in [-0.1, -0.05) is 0 Å². The summed E-state index contributed by atoms with van der Waals surface area (Å²) in [5.41, 5.74) is 1.98. The molecule has 3 aliphatic rings. The third-order valence-electron chi connectivity index (χ3n) is 6.81. The SMILES string of the molecule is CS(=O)(=O)NCCCS(=O)(=O)N1CCC[C@H]2CN3CCc4cc(O)c(O)cc4[C@@H]3C[C@H]21. The molecule has 0 bridgehead atoms. The average Bonchev–Trinajstić information content (AvgIpc) is 2.70. The molecule has 3 heterocycles. The van der Waals surface area contributed by atoms with E-state index in [1.54, 1.807) is 16.4 Å². The van der Waals surface area contributed by atoms with E-state index in [0.717, 1.165) is 49.7 Å². The maximum absolute atomic E-state index is 13.1. The molecule has 0 radical (unpaired) electrons. The van der Waals surface area contributed by atoms with Crippen molar-refractivity contribution in [1.82, 2.24) is 13.9 Å². The summed E-state index contributed by atoms with van der Waals surface area (Å²) in [4.78, 5) is 2.38. The van der Waals surface area contributed by atoms with Gasteiger partial charge in [0.1, 0.15) is 0 Å². The molecule has 3 N–H and O–H groups in total.